The van der Waals surface area contributed by atoms with Crippen molar-refractivity contribution in [3.8, 4) is 6.07 Å². The molecule has 0 spiro atoms. The molecule has 9 heteroatoms. The summed E-state index contributed by atoms with van der Waals surface area (Å²) in [6.07, 6.45) is 12.9. The van der Waals surface area contributed by atoms with Crippen molar-refractivity contribution >= 4 is 31.7 Å². The Morgan fingerprint density at radius 2 is 0.913 bits per heavy atom. The van der Waals surface area contributed by atoms with E-state index >= 15 is 0 Å². The molecule has 0 aliphatic carbocycles. The smallest absolute Gasteiger partial charge is 1.00 e. The Kier molecular flexibility index (Phi) is 72.8. The summed E-state index contributed by atoms with van der Waals surface area (Å²) in [5.74, 6) is 0. The van der Waals surface area contributed by atoms with Gasteiger partial charge in [-0.25, -0.2) is 0 Å². The van der Waals surface area contributed by atoms with Crippen LogP contribution in [-0.4, -0.2) is 49.1 Å². The number of rotatable bonds is 10. The van der Waals surface area contributed by atoms with Gasteiger partial charge in [0.15, 0.2) is 0 Å². The van der Waals surface area contributed by atoms with Crippen LogP contribution >= 0.6 is 7.26 Å². The Labute approximate surface area is 155 Å². The molecule has 0 heterocycles. The molecule has 1 nitrogen and oxygen atoms in total. The maximum absolute atomic E-state index is 9.08. The minimum atomic E-state index is -0.907. The Bertz CT molecular complexity index is 198. The van der Waals surface area contributed by atoms with Crippen LogP contribution in [-0.2, 0) is 0 Å². The van der Waals surface area contributed by atoms with Gasteiger partial charge in [-0.2, -0.15) is 5.26 Å². The molecular formula is C14H29F6NPSb. The second-order valence-corrected chi connectivity index (χ2v) is 9.23. The topological polar surface area (TPSA) is 23.8 Å². The quantitative estimate of drug-likeness (QED) is 0.174. The summed E-state index contributed by atoms with van der Waals surface area (Å²) >= 11 is 0. The zero-order valence-electron chi connectivity index (χ0n) is 14.2. The van der Waals surface area contributed by atoms with Gasteiger partial charge in [-0.3, -0.25) is 0 Å². The first-order valence-corrected chi connectivity index (χ1v) is 9.49. The van der Waals surface area contributed by atoms with Crippen LogP contribution in [0, 0.1) is 11.3 Å². The molecule has 0 aliphatic rings. The fraction of sp³-hybridized carbons (Fsp3) is 0.929. The van der Waals surface area contributed by atoms with Crippen molar-refractivity contribution in [3.63, 3.8) is 0 Å². The number of hydrogen-bond donors (Lipinski definition) is 0. The maximum Gasteiger partial charge on any atom is 5.00 e. The molecule has 0 aromatic heterocycles. The summed E-state index contributed by atoms with van der Waals surface area (Å²) in [5.41, 5.74) is 0. The molecule has 0 aromatic carbocycles. The van der Waals surface area contributed by atoms with E-state index in [4.69, 9.17) is 5.26 Å². The molecule has 0 N–H and O–H groups in total. The molecule has 0 atom stereocenters. The Balaban J connectivity index is -0.0000000536. The average Bonchev–Trinajstić information content (AvgIpc) is 2.31. The summed E-state index contributed by atoms with van der Waals surface area (Å²) < 4.78 is 0. The summed E-state index contributed by atoms with van der Waals surface area (Å²) in [4.78, 5) is 0. The van der Waals surface area contributed by atoms with Crippen LogP contribution in [0.1, 0.15) is 59.3 Å². The molecule has 0 aliphatic heterocycles. The van der Waals surface area contributed by atoms with Gasteiger partial charge >= 0.3 is 24.4 Å². The van der Waals surface area contributed by atoms with Crippen LogP contribution in [0.3, 0.4) is 0 Å². The minimum absolute atomic E-state index is 0. The first-order chi connectivity index (χ1) is 7.74. The number of halogens is 6. The first kappa shape index (κ1) is 49.5. The van der Waals surface area contributed by atoms with Gasteiger partial charge in [0, 0.05) is 7.26 Å². The van der Waals surface area contributed by atoms with Crippen molar-refractivity contribution in [2.45, 2.75) is 59.3 Å². The van der Waals surface area contributed by atoms with Gasteiger partial charge in [0.05, 0.1) is 18.5 Å². The molecule has 142 valence electrons. The van der Waals surface area contributed by atoms with Gasteiger partial charge in [-0.15, -0.1) is 0 Å². The normalized spacial score (nSPS) is 7.91. The second-order valence-electron chi connectivity index (χ2n) is 4.89. The summed E-state index contributed by atoms with van der Waals surface area (Å²) in [6.45, 7) is 6.79. The molecular weight excluding hydrogens is 449 g/mol. The average molecular weight is 478 g/mol. The largest absolute Gasteiger partial charge is 5.00 e. The molecule has 0 unspecified atom stereocenters. The van der Waals surface area contributed by atoms with E-state index in [-0.39, 0.29) is 52.7 Å². The third kappa shape index (κ3) is 24.7. The zero-order chi connectivity index (χ0) is 12.3. The summed E-state index contributed by atoms with van der Waals surface area (Å²) in [5, 5.41) is 9.08. The third-order valence-electron chi connectivity index (χ3n) is 3.36. The van der Waals surface area contributed by atoms with Crippen molar-refractivity contribution in [2.75, 3.05) is 24.6 Å². The molecule has 0 saturated carbocycles. The van der Waals surface area contributed by atoms with Crippen LogP contribution in [0.25, 0.3) is 0 Å². The van der Waals surface area contributed by atoms with E-state index in [9.17, 15) is 0 Å². The molecule has 0 radical (unpaired) electrons. The summed E-state index contributed by atoms with van der Waals surface area (Å²) in [7, 11) is -0.907. The molecule has 0 amide bonds. The van der Waals surface area contributed by atoms with Gasteiger partial charge in [-0.05, 0) is 19.3 Å². The molecule has 0 bridgehead atoms. The van der Waals surface area contributed by atoms with E-state index in [1.807, 2.05) is 0 Å². The zero-order valence-corrected chi connectivity index (χ0v) is 17.6. The van der Waals surface area contributed by atoms with E-state index in [1.54, 1.807) is 0 Å². The Hall–Kier alpha value is 0.318. The Morgan fingerprint density at radius 3 is 1.09 bits per heavy atom. The van der Waals surface area contributed by atoms with Crippen LogP contribution < -0.4 is 28.2 Å². The second kappa shape index (κ2) is 33.8. The predicted octanol–water partition coefficient (Wildman–Crippen LogP) is -13.4. The first-order valence-electron chi connectivity index (χ1n) is 6.96. The van der Waals surface area contributed by atoms with Crippen LogP contribution in [0.5, 0.6) is 0 Å². The molecule has 0 fully saturated rings. The van der Waals surface area contributed by atoms with Crippen LogP contribution in [0.2, 0.25) is 0 Å². The number of hydrogen-bond acceptors (Lipinski definition) is 1. The van der Waals surface area contributed by atoms with E-state index in [2.05, 4.69) is 26.8 Å². The van der Waals surface area contributed by atoms with Crippen molar-refractivity contribution in [2.24, 2.45) is 0 Å². The van der Waals surface area contributed by atoms with Crippen molar-refractivity contribution in [1.29, 1.82) is 5.26 Å². The Morgan fingerprint density at radius 1 is 0.652 bits per heavy atom. The van der Waals surface area contributed by atoms with E-state index in [1.165, 1.54) is 57.0 Å². The third-order valence-corrected chi connectivity index (χ3v) is 7.97. The predicted molar refractivity (Wildman–Crippen MR) is 82.5 cm³/mol. The van der Waals surface area contributed by atoms with E-state index in [0.717, 1.165) is 6.16 Å². The van der Waals surface area contributed by atoms with Gasteiger partial charge in [0.2, 0.25) is 0 Å². The van der Waals surface area contributed by atoms with Crippen molar-refractivity contribution in [1.82, 2.24) is 0 Å². The van der Waals surface area contributed by atoms with E-state index < -0.39 is 7.26 Å². The molecule has 0 aromatic rings. The molecule has 0 saturated heterocycles. The minimum Gasteiger partial charge on any atom is -1.00 e. The number of nitriles is 1. The SMILES string of the molecule is CCCC[P+](CC#N)(CCCC)CCCC.[F-].[F-].[F-].[F-].[F-].[F-].[Sb+5]. The fourth-order valence-corrected chi connectivity index (χ4v) is 6.61. The standard InChI is InChI=1S/C14H29NP.6FH.Sb/c1-4-7-11-16(14-10-15,12-8-5-2)13-9-6-3;;;;;;;/h4-9,11-14H2,1-3H3;6*1H;/q+1;;;;;;;+5/p-6. The maximum atomic E-state index is 9.08. The van der Waals surface area contributed by atoms with Crippen LogP contribution in [0.15, 0.2) is 0 Å². The fourth-order valence-electron chi connectivity index (χ4n) is 2.20. The van der Waals surface area contributed by atoms with Crippen molar-refractivity contribution < 1.29 is 28.2 Å². The van der Waals surface area contributed by atoms with Gasteiger partial charge in [-0.1, -0.05) is 40.0 Å². The molecule has 0 rings (SSSR count). The molecule has 23 heavy (non-hydrogen) atoms. The van der Waals surface area contributed by atoms with Gasteiger partial charge < -0.3 is 28.2 Å². The number of nitrogens with zero attached hydrogens (tertiary/aromatic N) is 1. The van der Waals surface area contributed by atoms with E-state index in [0.29, 0.717) is 0 Å². The van der Waals surface area contributed by atoms with Crippen LogP contribution in [0.4, 0.5) is 0 Å². The number of unbranched alkanes of at least 4 members (excludes halogenated alkanes) is 3. The van der Waals surface area contributed by atoms with Gasteiger partial charge in [0.1, 0.15) is 12.2 Å². The van der Waals surface area contributed by atoms with Crippen molar-refractivity contribution in [3.05, 3.63) is 0 Å². The monoisotopic (exact) mass is 477 g/mol. The summed E-state index contributed by atoms with van der Waals surface area (Å²) in [6, 6.07) is 2.48. The van der Waals surface area contributed by atoms with Gasteiger partial charge in [0.25, 0.3) is 0 Å².